The van der Waals surface area contributed by atoms with Crippen molar-refractivity contribution in [2.24, 2.45) is 5.73 Å². The summed E-state index contributed by atoms with van der Waals surface area (Å²) >= 11 is 0. The van der Waals surface area contributed by atoms with Crippen molar-refractivity contribution >= 4 is 18.5 Å². The number of amides is 1. The third kappa shape index (κ3) is 3.20. The molecule has 1 heterocycles. The smallest absolute Gasteiger partial charge is 0.399 e. The Balaban J connectivity index is 2.32. The summed E-state index contributed by atoms with van der Waals surface area (Å²) in [6, 6.07) is 4.21. The van der Waals surface area contributed by atoms with Crippen molar-refractivity contribution in [3.63, 3.8) is 0 Å². The molecule has 1 aromatic rings. The van der Waals surface area contributed by atoms with Crippen LogP contribution in [0.5, 0.6) is 0 Å². The molecule has 0 unspecified atom stereocenters. The fourth-order valence-electron chi connectivity index (χ4n) is 2.67. The number of nitrogens with two attached hydrogens (primary N) is 1. The maximum Gasteiger partial charge on any atom is 0.495 e. The monoisotopic (exact) mass is 303 g/mol. The summed E-state index contributed by atoms with van der Waals surface area (Å²) in [5, 5.41) is 0. The fourth-order valence-corrected chi connectivity index (χ4v) is 2.67. The molecule has 120 valence electrons. The Hall–Kier alpha value is -1.33. The highest BCUT2D eigenvalue weighted by atomic mass is 16.7. The largest absolute Gasteiger partial charge is 0.495 e. The number of primary amides is 1. The van der Waals surface area contributed by atoms with Crippen LogP contribution in [0.2, 0.25) is 0 Å². The van der Waals surface area contributed by atoms with E-state index in [1.54, 1.807) is 0 Å². The maximum atomic E-state index is 11.0. The molecule has 0 saturated carbocycles. The zero-order chi connectivity index (χ0) is 16.7. The lowest BCUT2D eigenvalue weighted by molar-refractivity contribution is -0.117. The average molecular weight is 303 g/mol. The number of carbonyl (C=O) groups excluding carboxylic acids is 1. The minimum atomic E-state index is -0.377. The maximum absolute atomic E-state index is 11.0. The molecule has 0 bridgehead atoms. The molecule has 0 spiro atoms. The van der Waals surface area contributed by atoms with Crippen LogP contribution in [0.4, 0.5) is 0 Å². The van der Waals surface area contributed by atoms with E-state index in [0.29, 0.717) is 12.8 Å². The highest BCUT2D eigenvalue weighted by molar-refractivity contribution is 6.62. The zero-order valence-electron chi connectivity index (χ0n) is 14.4. The zero-order valence-corrected chi connectivity index (χ0v) is 14.4. The first-order valence-electron chi connectivity index (χ1n) is 7.77. The van der Waals surface area contributed by atoms with Gasteiger partial charge < -0.3 is 15.0 Å². The van der Waals surface area contributed by atoms with Crippen molar-refractivity contribution in [2.75, 3.05) is 0 Å². The predicted molar refractivity (Wildman–Crippen MR) is 89.1 cm³/mol. The van der Waals surface area contributed by atoms with E-state index in [4.69, 9.17) is 15.0 Å². The molecule has 1 fully saturated rings. The van der Waals surface area contributed by atoms with Crippen LogP contribution in [-0.2, 0) is 20.5 Å². The average Bonchev–Trinajstić information content (AvgIpc) is 2.56. The van der Waals surface area contributed by atoms with Crippen LogP contribution in [0.3, 0.4) is 0 Å². The summed E-state index contributed by atoms with van der Waals surface area (Å²) in [6.07, 6.45) is 1.00. The van der Waals surface area contributed by atoms with Crippen LogP contribution < -0.4 is 11.2 Å². The number of aryl methyl sites for hydroxylation is 3. The second kappa shape index (κ2) is 5.71. The Morgan fingerprint density at radius 2 is 1.64 bits per heavy atom. The van der Waals surface area contributed by atoms with E-state index in [-0.39, 0.29) is 24.2 Å². The van der Waals surface area contributed by atoms with Crippen molar-refractivity contribution in [3.05, 3.63) is 28.8 Å². The number of hydrogen-bond acceptors (Lipinski definition) is 3. The van der Waals surface area contributed by atoms with Gasteiger partial charge in [0.1, 0.15) is 0 Å². The number of carbonyl (C=O) groups is 1. The SMILES string of the molecule is Cc1cc(C)c(B2OC(C)(C)C(C)(C)O2)cc1CCC(N)=O. The summed E-state index contributed by atoms with van der Waals surface area (Å²) in [4.78, 5) is 11.0. The van der Waals surface area contributed by atoms with Crippen LogP contribution in [0.15, 0.2) is 12.1 Å². The van der Waals surface area contributed by atoms with Gasteiger partial charge in [-0.15, -0.1) is 0 Å². The van der Waals surface area contributed by atoms with Gasteiger partial charge in [0, 0.05) is 6.42 Å². The van der Waals surface area contributed by atoms with Gasteiger partial charge in [0.2, 0.25) is 5.91 Å². The van der Waals surface area contributed by atoms with Crippen LogP contribution in [0.1, 0.15) is 50.8 Å². The third-order valence-corrected chi connectivity index (χ3v) is 4.87. The van der Waals surface area contributed by atoms with Crippen LogP contribution in [0, 0.1) is 13.8 Å². The molecule has 1 aromatic carbocycles. The van der Waals surface area contributed by atoms with Crippen molar-refractivity contribution in [2.45, 2.75) is 65.6 Å². The van der Waals surface area contributed by atoms with Gasteiger partial charge in [-0.05, 0) is 64.6 Å². The molecule has 1 saturated heterocycles. The Bertz CT molecular complexity index is 580. The Morgan fingerprint density at radius 1 is 1.09 bits per heavy atom. The standard InChI is InChI=1S/C17H26BNO3/c1-11-9-12(2)14(10-13(11)7-8-15(19)20)18-21-16(3,4)17(5,6)22-18/h9-10H,7-8H2,1-6H3,(H2,19,20). The van der Waals surface area contributed by atoms with Gasteiger partial charge in [0.15, 0.2) is 0 Å². The minimum Gasteiger partial charge on any atom is -0.399 e. The van der Waals surface area contributed by atoms with Crippen LogP contribution >= 0.6 is 0 Å². The highest BCUT2D eigenvalue weighted by Crippen LogP contribution is 2.36. The van der Waals surface area contributed by atoms with E-state index < -0.39 is 0 Å². The first-order chi connectivity index (χ1) is 10.0. The molecule has 2 N–H and O–H groups in total. The molecule has 0 aromatic heterocycles. The predicted octanol–water partition coefficient (Wildman–Crippen LogP) is 2.02. The number of benzene rings is 1. The molecule has 0 atom stereocenters. The molecule has 1 aliphatic rings. The first kappa shape index (κ1) is 17.0. The Kier molecular flexibility index (Phi) is 4.42. The van der Waals surface area contributed by atoms with E-state index in [0.717, 1.165) is 16.6 Å². The van der Waals surface area contributed by atoms with E-state index in [1.165, 1.54) is 5.56 Å². The lowest BCUT2D eigenvalue weighted by Gasteiger charge is -2.32. The Labute approximate surface area is 133 Å². The normalized spacial score (nSPS) is 19.5. The van der Waals surface area contributed by atoms with Gasteiger partial charge in [-0.3, -0.25) is 4.79 Å². The molecule has 1 aliphatic heterocycles. The molecule has 4 nitrogen and oxygen atoms in total. The highest BCUT2D eigenvalue weighted by Gasteiger charge is 2.52. The van der Waals surface area contributed by atoms with Crippen molar-refractivity contribution < 1.29 is 14.1 Å². The molecule has 0 radical (unpaired) electrons. The lowest BCUT2D eigenvalue weighted by Crippen LogP contribution is -2.41. The van der Waals surface area contributed by atoms with Crippen molar-refractivity contribution in [3.8, 4) is 0 Å². The van der Waals surface area contributed by atoms with Crippen LogP contribution in [-0.4, -0.2) is 24.2 Å². The van der Waals surface area contributed by atoms with Gasteiger partial charge in [0.05, 0.1) is 11.2 Å². The second-order valence-electron chi connectivity index (χ2n) is 7.19. The molecule has 22 heavy (non-hydrogen) atoms. The molecule has 1 amide bonds. The number of hydrogen-bond donors (Lipinski definition) is 1. The molecule has 2 rings (SSSR count). The summed E-state index contributed by atoms with van der Waals surface area (Å²) in [7, 11) is -0.377. The van der Waals surface area contributed by atoms with Gasteiger partial charge in [-0.25, -0.2) is 0 Å². The Morgan fingerprint density at radius 3 is 2.14 bits per heavy atom. The quantitative estimate of drug-likeness (QED) is 0.866. The van der Waals surface area contributed by atoms with Crippen molar-refractivity contribution in [1.82, 2.24) is 0 Å². The summed E-state index contributed by atoms with van der Waals surface area (Å²) in [6.45, 7) is 12.3. The van der Waals surface area contributed by atoms with Gasteiger partial charge >= 0.3 is 7.12 Å². The first-order valence-corrected chi connectivity index (χ1v) is 7.77. The summed E-state index contributed by atoms with van der Waals surface area (Å²) < 4.78 is 12.3. The number of rotatable bonds is 4. The van der Waals surface area contributed by atoms with Gasteiger partial charge in [-0.1, -0.05) is 17.7 Å². The molecular weight excluding hydrogens is 277 g/mol. The van der Waals surface area contributed by atoms with Crippen molar-refractivity contribution in [1.29, 1.82) is 0 Å². The molecular formula is C17H26BNO3. The fraction of sp³-hybridized carbons (Fsp3) is 0.588. The topological polar surface area (TPSA) is 61.6 Å². The van der Waals surface area contributed by atoms with E-state index in [9.17, 15) is 4.79 Å². The van der Waals surface area contributed by atoms with Crippen LogP contribution in [0.25, 0.3) is 0 Å². The van der Waals surface area contributed by atoms with E-state index >= 15 is 0 Å². The molecule has 0 aliphatic carbocycles. The van der Waals surface area contributed by atoms with E-state index in [2.05, 4.69) is 26.0 Å². The van der Waals surface area contributed by atoms with E-state index in [1.807, 2.05) is 27.7 Å². The van der Waals surface area contributed by atoms with Gasteiger partial charge in [0.25, 0.3) is 0 Å². The minimum absolute atomic E-state index is 0.280. The lowest BCUT2D eigenvalue weighted by atomic mass is 9.74. The third-order valence-electron chi connectivity index (χ3n) is 4.87. The van der Waals surface area contributed by atoms with Gasteiger partial charge in [-0.2, -0.15) is 0 Å². The summed E-state index contributed by atoms with van der Waals surface area (Å²) in [5.74, 6) is -0.280. The summed E-state index contributed by atoms with van der Waals surface area (Å²) in [5.41, 5.74) is 9.00. The molecule has 5 heteroatoms. The second-order valence-corrected chi connectivity index (χ2v) is 7.19.